The Bertz CT molecular complexity index is 824. The highest BCUT2D eigenvalue weighted by Crippen LogP contribution is 2.13. The van der Waals surface area contributed by atoms with Crippen molar-refractivity contribution in [1.82, 2.24) is 20.3 Å². The Morgan fingerprint density at radius 3 is 2.50 bits per heavy atom. The first-order valence-electron chi connectivity index (χ1n) is 7.23. The van der Waals surface area contributed by atoms with Crippen LogP contribution in [-0.4, -0.2) is 20.9 Å². The summed E-state index contributed by atoms with van der Waals surface area (Å²) >= 11 is 0. The number of benzene rings is 1. The fourth-order valence-electron chi connectivity index (χ4n) is 1.98. The lowest BCUT2D eigenvalue weighted by Crippen LogP contribution is -2.24. The highest BCUT2D eigenvalue weighted by atomic mass is 19.1. The molecule has 7 heteroatoms. The molecule has 1 aromatic carbocycles. The first-order chi connectivity index (χ1) is 11.7. The number of amides is 1. The predicted molar refractivity (Wildman–Crippen MR) is 87.1 cm³/mol. The Labute approximate surface area is 137 Å². The minimum Gasteiger partial charge on any atom is -0.347 e. The van der Waals surface area contributed by atoms with Crippen LogP contribution in [0.25, 0.3) is 0 Å². The van der Waals surface area contributed by atoms with Crippen LogP contribution in [-0.2, 0) is 6.54 Å². The number of rotatable bonds is 5. The van der Waals surface area contributed by atoms with Crippen molar-refractivity contribution in [2.75, 3.05) is 5.32 Å². The van der Waals surface area contributed by atoms with Gasteiger partial charge in [0, 0.05) is 30.8 Å². The highest BCUT2D eigenvalue weighted by molar-refractivity contribution is 5.92. The number of carbonyl (C=O) groups is 1. The van der Waals surface area contributed by atoms with Gasteiger partial charge in [-0.15, -0.1) is 0 Å². The van der Waals surface area contributed by atoms with Gasteiger partial charge in [-0.3, -0.25) is 9.78 Å². The van der Waals surface area contributed by atoms with Gasteiger partial charge in [0.05, 0.1) is 0 Å². The Morgan fingerprint density at radius 2 is 1.75 bits per heavy atom. The zero-order chi connectivity index (χ0) is 16.8. The van der Waals surface area contributed by atoms with E-state index in [0.717, 1.165) is 5.56 Å². The first kappa shape index (κ1) is 15.5. The molecule has 0 bridgehead atoms. The lowest BCUT2D eigenvalue weighted by Gasteiger charge is -2.07. The molecule has 0 aliphatic carbocycles. The number of nitrogens with zero attached hydrogens (tertiary/aromatic N) is 3. The van der Waals surface area contributed by atoms with Gasteiger partial charge in [0.1, 0.15) is 11.5 Å². The summed E-state index contributed by atoms with van der Waals surface area (Å²) in [5.41, 5.74) is 1.81. The fourth-order valence-corrected chi connectivity index (χ4v) is 1.98. The molecule has 3 aromatic rings. The molecule has 0 unspecified atom stereocenters. The van der Waals surface area contributed by atoms with Crippen molar-refractivity contribution in [3.05, 3.63) is 78.1 Å². The summed E-state index contributed by atoms with van der Waals surface area (Å²) in [6.45, 7) is 0.381. The van der Waals surface area contributed by atoms with Crippen molar-refractivity contribution >= 4 is 17.5 Å². The number of aromatic nitrogens is 3. The van der Waals surface area contributed by atoms with Crippen molar-refractivity contribution in [1.29, 1.82) is 0 Å². The van der Waals surface area contributed by atoms with Gasteiger partial charge in [-0.25, -0.2) is 14.4 Å². The monoisotopic (exact) mass is 323 g/mol. The maximum absolute atomic E-state index is 12.9. The summed E-state index contributed by atoms with van der Waals surface area (Å²) in [7, 11) is 0. The zero-order valence-corrected chi connectivity index (χ0v) is 12.6. The van der Waals surface area contributed by atoms with Crippen LogP contribution in [0.3, 0.4) is 0 Å². The maximum Gasteiger partial charge on any atom is 0.270 e. The molecule has 0 saturated carbocycles. The van der Waals surface area contributed by atoms with E-state index in [1.807, 2.05) is 12.1 Å². The van der Waals surface area contributed by atoms with Gasteiger partial charge in [0.2, 0.25) is 5.95 Å². The third-order valence-corrected chi connectivity index (χ3v) is 3.19. The summed E-state index contributed by atoms with van der Waals surface area (Å²) in [4.78, 5) is 24.3. The summed E-state index contributed by atoms with van der Waals surface area (Å²) in [5.74, 6) is -0.375. The molecule has 0 saturated heterocycles. The van der Waals surface area contributed by atoms with E-state index in [4.69, 9.17) is 0 Å². The van der Waals surface area contributed by atoms with Crippen molar-refractivity contribution in [3.63, 3.8) is 0 Å². The zero-order valence-electron chi connectivity index (χ0n) is 12.6. The van der Waals surface area contributed by atoms with Gasteiger partial charge >= 0.3 is 0 Å². The van der Waals surface area contributed by atoms with E-state index in [9.17, 15) is 9.18 Å². The summed E-state index contributed by atoms with van der Waals surface area (Å²) in [6, 6.07) is 11.0. The molecule has 2 aromatic heterocycles. The molecule has 0 aliphatic rings. The van der Waals surface area contributed by atoms with Crippen molar-refractivity contribution < 1.29 is 9.18 Å². The Kier molecular flexibility index (Phi) is 4.71. The molecule has 120 valence electrons. The van der Waals surface area contributed by atoms with E-state index < -0.39 is 0 Å². The summed E-state index contributed by atoms with van der Waals surface area (Å²) < 4.78 is 12.9. The van der Waals surface area contributed by atoms with E-state index in [0.29, 0.717) is 12.2 Å². The maximum atomic E-state index is 12.9. The van der Waals surface area contributed by atoms with Gasteiger partial charge in [-0.1, -0.05) is 0 Å². The second-order valence-electron chi connectivity index (χ2n) is 4.94. The van der Waals surface area contributed by atoms with Gasteiger partial charge in [-0.05, 0) is 48.0 Å². The molecular formula is C17H14FN5O. The number of halogens is 1. The molecule has 0 aliphatic heterocycles. The molecule has 1 amide bonds. The van der Waals surface area contributed by atoms with Crippen LogP contribution in [0.2, 0.25) is 0 Å². The average Bonchev–Trinajstić information content (AvgIpc) is 2.63. The second kappa shape index (κ2) is 7.28. The Morgan fingerprint density at radius 1 is 1.00 bits per heavy atom. The SMILES string of the molecule is O=C(NCc1ccncc1)c1ccnc(Nc2ccc(F)cc2)n1. The van der Waals surface area contributed by atoms with Crippen molar-refractivity contribution in [3.8, 4) is 0 Å². The molecule has 2 N–H and O–H groups in total. The molecule has 2 heterocycles. The molecule has 0 spiro atoms. The summed E-state index contributed by atoms with van der Waals surface area (Å²) in [5, 5.41) is 5.70. The van der Waals surface area contributed by atoms with Crippen LogP contribution >= 0.6 is 0 Å². The van der Waals surface area contributed by atoms with Crippen LogP contribution in [0.1, 0.15) is 16.1 Å². The Hall–Kier alpha value is -3.35. The van der Waals surface area contributed by atoms with Crippen LogP contribution < -0.4 is 10.6 Å². The van der Waals surface area contributed by atoms with Crippen molar-refractivity contribution in [2.45, 2.75) is 6.54 Å². The Balaban J connectivity index is 1.65. The topological polar surface area (TPSA) is 79.8 Å². The van der Waals surface area contributed by atoms with E-state index in [2.05, 4.69) is 25.6 Å². The number of nitrogens with one attached hydrogen (secondary N) is 2. The number of pyridine rings is 1. The quantitative estimate of drug-likeness (QED) is 0.754. The van der Waals surface area contributed by atoms with Crippen LogP contribution in [0.4, 0.5) is 16.0 Å². The van der Waals surface area contributed by atoms with Crippen LogP contribution in [0.15, 0.2) is 61.1 Å². The smallest absolute Gasteiger partial charge is 0.270 e. The normalized spacial score (nSPS) is 10.2. The number of carbonyl (C=O) groups excluding carboxylic acids is 1. The fraction of sp³-hybridized carbons (Fsp3) is 0.0588. The number of hydrogen-bond acceptors (Lipinski definition) is 5. The van der Waals surface area contributed by atoms with E-state index >= 15 is 0 Å². The second-order valence-corrected chi connectivity index (χ2v) is 4.94. The minimum absolute atomic E-state index is 0.240. The van der Waals surface area contributed by atoms with Gasteiger partial charge in [0.25, 0.3) is 5.91 Å². The molecule has 3 rings (SSSR count). The predicted octanol–water partition coefficient (Wildman–Crippen LogP) is 2.68. The lowest BCUT2D eigenvalue weighted by molar-refractivity contribution is 0.0946. The third kappa shape index (κ3) is 4.10. The molecule has 0 radical (unpaired) electrons. The number of hydrogen-bond donors (Lipinski definition) is 2. The molecule has 0 atom stereocenters. The first-order valence-corrected chi connectivity index (χ1v) is 7.23. The molecule has 0 fully saturated rings. The third-order valence-electron chi connectivity index (χ3n) is 3.19. The van der Waals surface area contributed by atoms with E-state index in [1.165, 1.54) is 24.4 Å². The van der Waals surface area contributed by atoms with E-state index in [1.54, 1.807) is 24.5 Å². The molecular weight excluding hydrogens is 309 g/mol. The largest absolute Gasteiger partial charge is 0.347 e. The van der Waals surface area contributed by atoms with Crippen molar-refractivity contribution in [2.24, 2.45) is 0 Å². The van der Waals surface area contributed by atoms with E-state index in [-0.39, 0.29) is 23.4 Å². The van der Waals surface area contributed by atoms with Crippen LogP contribution in [0, 0.1) is 5.82 Å². The highest BCUT2D eigenvalue weighted by Gasteiger charge is 2.09. The lowest BCUT2D eigenvalue weighted by atomic mass is 10.2. The summed E-state index contributed by atoms with van der Waals surface area (Å²) in [6.07, 6.45) is 4.81. The minimum atomic E-state index is -0.328. The molecule has 6 nitrogen and oxygen atoms in total. The van der Waals surface area contributed by atoms with Gasteiger partial charge in [-0.2, -0.15) is 0 Å². The van der Waals surface area contributed by atoms with Gasteiger partial charge < -0.3 is 10.6 Å². The molecule has 24 heavy (non-hydrogen) atoms. The standard InChI is InChI=1S/C17H14FN5O/c18-13-1-3-14(4-2-13)22-17-20-10-7-15(23-17)16(24)21-11-12-5-8-19-9-6-12/h1-10H,11H2,(H,21,24)(H,20,22,23). The average molecular weight is 323 g/mol. The number of anilines is 2. The van der Waals surface area contributed by atoms with Crippen LogP contribution in [0.5, 0.6) is 0 Å². The van der Waals surface area contributed by atoms with Gasteiger partial charge in [0.15, 0.2) is 0 Å².